The SMILES string of the molecule is C[C@](C#N)(CCc1cc(C#N)ccc1C(F)(F)F)CC(=O)c1ccc(S(=O)(=O)C(F)(F)F)cc1. The van der Waals surface area contributed by atoms with Gasteiger partial charge in [-0.25, -0.2) is 8.42 Å². The van der Waals surface area contributed by atoms with E-state index in [9.17, 15) is 44.8 Å². The van der Waals surface area contributed by atoms with E-state index in [0.717, 1.165) is 30.3 Å². The van der Waals surface area contributed by atoms with E-state index in [1.54, 1.807) is 6.07 Å². The number of sulfone groups is 1. The lowest BCUT2D eigenvalue weighted by Crippen LogP contribution is -2.23. The van der Waals surface area contributed by atoms with Gasteiger partial charge in [-0.15, -0.1) is 0 Å². The van der Waals surface area contributed by atoms with Crippen LogP contribution < -0.4 is 0 Å². The van der Waals surface area contributed by atoms with Crippen molar-refractivity contribution in [3.63, 3.8) is 0 Å². The summed E-state index contributed by atoms with van der Waals surface area (Å²) in [7, 11) is -5.60. The number of carbonyl (C=O) groups is 1. The number of halogens is 6. The van der Waals surface area contributed by atoms with Crippen molar-refractivity contribution >= 4 is 15.6 Å². The van der Waals surface area contributed by atoms with Crippen molar-refractivity contribution in [2.24, 2.45) is 5.41 Å². The third-order valence-corrected chi connectivity index (χ3v) is 6.60. The van der Waals surface area contributed by atoms with Gasteiger partial charge in [0.25, 0.3) is 9.84 Å². The molecule has 0 aliphatic heterocycles. The highest BCUT2D eigenvalue weighted by Crippen LogP contribution is 2.36. The molecule has 0 saturated carbocycles. The average molecular weight is 502 g/mol. The Morgan fingerprint density at radius 2 is 1.56 bits per heavy atom. The monoisotopic (exact) mass is 502 g/mol. The highest BCUT2D eigenvalue weighted by atomic mass is 32.2. The predicted molar refractivity (Wildman–Crippen MR) is 107 cm³/mol. The molecule has 0 radical (unpaired) electrons. The van der Waals surface area contributed by atoms with E-state index in [0.29, 0.717) is 12.1 Å². The third kappa shape index (κ3) is 5.94. The molecule has 0 N–H and O–H groups in total. The molecule has 0 spiro atoms. The number of alkyl halides is 6. The van der Waals surface area contributed by atoms with Gasteiger partial charge in [-0.2, -0.15) is 36.9 Å². The zero-order valence-electron chi connectivity index (χ0n) is 17.5. The van der Waals surface area contributed by atoms with E-state index in [1.165, 1.54) is 6.92 Å². The molecule has 0 aromatic heterocycles. The predicted octanol–water partition coefficient (Wildman–Crippen LogP) is 5.61. The number of hydrogen-bond donors (Lipinski definition) is 0. The van der Waals surface area contributed by atoms with Crippen molar-refractivity contribution < 1.29 is 39.6 Å². The Labute approximate surface area is 191 Å². The van der Waals surface area contributed by atoms with Crippen LogP contribution in [0.4, 0.5) is 26.3 Å². The van der Waals surface area contributed by atoms with Crippen LogP contribution in [-0.4, -0.2) is 19.7 Å². The van der Waals surface area contributed by atoms with Crippen LogP contribution in [0.3, 0.4) is 0 Å². The van der Waals surface area contributed by atoms with Gasteiger partial charge in [0.1, 0.15) is 0 Å². The number of carbonyl (C=O) groups excluding carboxylic acids is 1. The van der Waals surface area contributed by atoms with Crippen LogP contribution >= 0.6 is 0 Å². The van der Waals surface area contributed by atoms with Crippen molar-refractivity contribution in [2.75, 3.05) is 0 Å². The number of hydrogen-bond acceptors (Lipinski definition) is 5. The summed E-state index contributed by atoms with van der Waals surface area (Å²) in [6.07, 6.45) is -5.63. The van der Waals surface area contributed by atoms with Crippen molar-refractivity contribution in [3.8, 4) is 12.1 Å². The summed E-state index contributed by atoms with van der Waals surface area (Å²) < 4.78 is 101. The van der Waals surface area contributed by atoms with Crippen LogP contribution in [0.2, 0.25) is 0 Å². The Hall–Kier alpha value is -3.38. The van der Waals surface area contributed by atoms with Crippen LogP contribution in [0.1, 0.15) is 46.8 Å². The summed E-state index contributed by atoms with van der Waals surface area (Å²) in [6.45, 7) is 1.34. The Bertz CT molecular complexity index is 1270. The quantitative estimate of drug-likeness (QED) is 0.362. The molecule has 2 rings (SSSR count). The number of aryl methyl sites for hydroxylation is 1. The molecule has 0 aliphatic carbocycles. The summed E-state index contributed by atoms with van der Waals surface area (Å²) >= 11 is 0. The van der Waals surface area contributed by atoms with Gasteiger partial charge in [-0.1, -0.05) is 12.1 Å². The van der Waals surface area contributed by atoms with Crippen LogP contribution in [0.5, 0.6) is 0 Å². The molecule has 0 aliphatic rings. The first kappa shape index (κ1) is 26.9. The van der Waals surface area contributed by atoms with E-state index in [1.807, 2.05) is 6.07 Å². The molecule has 2 aromatic rings. The zero-order chi connectivity index (χ0) is 25.9. The maximum atomic E-state index is 13.3. The molecule has 5 nitrogen and oxygen atoms in total. The first-order valence-electron chi connectivity index (χ1n) is 9.50. The summed E-state index contributed by atoms with van der Waals surface area (Å²) in [5.41, 5.74) is -8.33. The summed E-state index contributed by atoms with van der Waals surface area (Å²) in [5, 5.41) is 18.5. The van der Waals surface area contributed by atoms with Crippen molar-refractivity contribution in [1.82, 2.24) is 0 Å². The van der Waals surface area contributed by atoms with Crippen molar-refractivity contribution in [2.45, 2.75) is 42.8 Å². The second-order valence-corrected chi connectivity index (χ2v) is 9.67. The van der Waals surface area contributed by atoms with Crippen molar-refractivity contribution in [3.05, 3.63) is 64.7 Å². The van der Waals surface area contributed by atoms with Gasteiger partial charge in [-0.3, -0.25) is 4.79 Å². The van der Waals surface area contributed by atoms with Gasteiger partial charge < -0.3 is 0 Å². The number of nitriles is 2. The van der Waals surface area contributed by atoms with Crippen LogP contribution in [0.25, 0.3) is 0 Å². The zero-order valence-corrected chi connectivity index (χ0v) is 18.3. The summed E-state index contributed by atoms with van der Waals surface area (Å²) in [6, 6.07) is 9.42. The fraction of sp³-hybridized carbons (Fsp3) is 0.318. The van der Waals surface area contributed by atoms with Crippen LogP contribution in [0.15, 0.2) is 47.4 Å². The molecule has 0 bridgehead atoms. The maximum Gasteiger partial charge on any atom is 0.501 e. The first-order valence-corrected chi connectivity index (χ1v) is 11.0. The van der Waals surface area contributed by atoms with Gasteiger partial charge in [0.05, 0.1) is 33.6 Å². The van der Waals surface area contributed by atoms with Crippen LogP contribution in [0, 0.1) is 28.1 Å². The van der Waals surface area contributed by atoms with E-state index in [-0.39, 0.29) is 29.5 Å². The van der Waals surface area contributed by atoms with Crippen molar-refractivity contribution in [1.29, 1.82) is 10.5 Å². The fourth-order valence-electron chi connectivity index (χ4n) is 3.15. The van der Waals surface area contributed by atoms with E-state index < -0.39 is 49.6 Å². The minimum atomic E-state index is -5.60. The Morgan fingerprint density at radius 3 is 2.03 bits per heavy atom. The highest BCUT2D eigenvalue weighted by molar-refractivity contribution is 7.92. The molecule has 2 aromatic carbocycles. The van der Waals surface area contributed by atoms with E-state index in [4.69, 9.17) is 5.26 Å². The lowest BCUT2D eigenvalue weighted by Gasteiger charge is -2.22. The molecular formula is C22H16F6N2O3S. The van der Waals surface area contributed by atoms with Gasteiger partial charge in [0.2, 0.25) is 0 Å². The molecular weight excluding hydrogens is 486 g/mol. The lowest BCUT2D eigenvalue weighted by atomic mass is 9.79. The Kier molecular flexibility index (Phi) is 7.48. The van der Waals surface area contributed by atoms with Gasteiger partial charge in [0.15, 0.2) is 5.78 Å². The average Bonchev–Trinajstić information content (AvgIpc) is 2.76. The molecule has 0 heterocycles. The lowest BCUT2D eigenvalue weighted by molar-refractivity contribution is -0.138. The number of Topliss-reactive ketones (excluding diaryl/α,β-unsaturated/α-hetero) is 1. The van der Waals surface area contributed by atoms with E-state index >= 15 is 0 Å². The molecule has 1 atom stereocenters. The number of ketones is 1. The minimum absolute atomic E-state index is 0.00774. The minimum Gasteiger partial charge on any atom is -0.294 e. The first-order chi connectivity index (χ1) is 15.5. The molecule has 180 valence electrons. The maximum absolute atomic E-state index is 13.3. The Balaban J connectivity index is 2.23. The number of nitrogens with zero attached hydrogens (tertiary/aromatic N) is 2. The normalized spacial score (nSPS) is 14.0. The fourth-order valence-corrected chi connectivity index (χ4v) is 3.91. The second kappa shape index (κ2) is 9.47. The van der Waals surface area contributed by atoms with E-state index in [2.05, 4.69) is 0 Å². The molecule has 0 amide bonds. The molecule has 0 fully saturated rings. The molecule has 34 heavy (non-hydrogen) atoms. The largest absolute Gasteiger partial charge is 0.501 e. The standard InChI is InChI=1S/C22H16F6N2O3S/c1-20(13-30,9-8-16-10-14(12-29)2-7-18(16)21(23,24)25)11-19(31)15-3-5-17(6-4-15)34(32,33)22(26,27)28/h2-7,10H,8-9,11H2,1H3/t20-/m0/s1. The molecule has 0 unspecified atom stereocenters. The third-order valence-electron chi connectivity index (χ3n) is 5.10. The second-order valence-electron chi connectivity index (χ2n) is 7.73. The Morgan fingerprint density at radius 1 is 0.971 bits per heavy atom. The smallest absolute Gasteiger partial charge is 0.294 e. The molecule has 12 heteroatoms. The number of benzene rings is 2. The molecule has 0 saturated heterocycles. The van der Waals surface area contributed by atoms with Gasteiger partial charge in [-0.05, 0) is 55.7 Å². The summed E-state index contributed by atoms with van der Waals surface area (Å²) in [5.74, 6) is -0.707. The van der Waals surface area contributed by atoms with Crippen LogP contribution in [-0.2, 0) is 22.4 Å². The topological polar surface area (TPSA) is 98.8 Å². The van der Waals surface area contributed by atoms with Gasteiger partial charge >= 0.3 is 11.7 Å². The summed E-state index contributed by atoms with van der Waals surface area (Å²) in [4.78, 5) is 11.5. The van der Waals surface area contributed by atoms with Gasteiger partial charge in [0, 0.05) is 12.0 Å². The highest BCUT2D eigenvalue weighted by Gasteiger charge is 2.46. The number of rotatable bonds is 7.